The Bertz CT molecular complexity index is 735. The lowest BCUT2D eigenvalue weighted by Crippen LogP contribution is -2.48. The van der Waals surface area contributed by atoms with Crippen LogP contribution in [-0.2, 0) is 30.9 Å². The molecule has 1 amide bonds. The highest BCUT2D eigenvalue weighted by Crippen LogP contribution is 2.59. The van der Waals surface area contributed by atoms with E-state index in [1.807, 2.05) is 23.1 Å². The minimum atomic E-state index is -0.400. The highest BCUT2D eigenvalue weighted by molar-refractivity contribution is 6.11. The number of nitrogens with zero attached hydrogens (tertiary/aromatic N) is 1. The smallest absolute Gasteiger partial charge is 0.309 e. The van der Waals surface area contributed by atoms with Crippen molar-refractivity contribution in [2.24, 2.45) is 0 Å². The minimum Gasteiger partial charge on any atom is -0.469 e. The Labute approximate surface area is 148 Å². The van der Waals surface area contributed by atoms with Gasteiger partial charge in [0.15, 0.2) is 0 Å². The third kappa shape index (κ3) is 2.56. The third-order valence-corrected chi connectivity index (χ3v) is 5.84. The number of carbonyl (C=O) groups excluding carboxylic acids is 2. The average molecular weight is 343 g/mol. The van der Waals surface area contributed by atoms with Gasteiger partial charge in [-0.3, -0.25) is 9.59 Å². The van der Waals surface area contributed by atoms with E-state index in [0.717, 1.165) is 42.5 Å². The number of hydrogen-bond acceptors (Lipinski definition) is 4. The zero-order valence-electron chi connectivity index (χ0n) is 15.1. The lowest BCUT2D eigenvalue weighted by molar-refractivity contribution is -0.139. The van der Waals surface area contributed by atoms with Crippen LogP contribution < -0.4 is 4.90 Å². The number of benzene rings is 1. The van der Waals surface area contributed by atoms with Gasteiger partial charge in [0.1, 0.15) is 0 Å². The van der Waals surface area contributed by atoms with Crippen LogP contribution in [0.3, 0.4) is 0 Å². The number of methoxy groups -OCH3 is 1. The van der Waals surface area contributed by atoms with E-state index in [-0.39, 0.29) is 29.9 Å². The van der Waals surface area contributed by atoms with Gasteiger partial charge in [0.2, 0.25) is 5.91 Å². The molecule has 2 fully saturated rings. The fourth-order valence-corrected chi connectivity index (χ4v) is 4.53. The molecule has 4 rings (SSSR count). The molecule has 5 heteroatoms. The van der Waals surface area contributed by atoms with Crippen molar-refractivity contribution in [1.29, 1.82) is 0 Å². The number of anilines is 1. The normalized spacial score (nSPS) is 25.8. The van der Waals surface area contributed by atoms with E-state index in [2.05, 4.69) is 13.8 Å². The second kappa shape index (κ2) is 5.56. The molecule has 1 spiro atoms. The number of rotatable bonds is 3. The van der Waals surface area contributed by atoms with E-state index < -0.39 is 5.41 Å². The van der Waals surface area contributed by atoms with E-state index in [9.17, 15) is 9.59 Å². The van der Waals surface area contributed by atoms with Crippen LogP contribution in [0.15, 0.2) is 18.2 Å². The van der Waals surface area contributed by atoms with Crippen LogP contribution in [-0.4, -0.2) is 37.2 Å². The Morgan fingerprint density at radius 1 is 1.36 bits per heavy atom. The van der Waals surface area contributed by atoms with Gasteiger partial charge in [-0.05, 0) is 56.7 Å². The van der Waals surface area contributed by atoms with Crippen LogP contribution >= 0.6 is 0 Å². The van der Waals surface area contributed by atoms with Gasteiger partial charge in [-0.25, -0.2) is 0 Å². The van der Waals surface area contributed by atoms with Gasteiger partial charge in [-0.1, -0.05) is 12.1 Å². The molecule has 1 saturated heterocycles. The molecule has 1 atom stereocenters. The van der Waals surface area contributed by atoms with E-state index in [1.165, 1.54) is 7.11 Å². The first kappa shape index (κ1) is 16.6. The van der Waals surface area contributed by atoms with Gasteiger partial charge in [0.25, 0.3) is 0 Å². The quantitative estimate of drug-likeness (QED) is 0.792. The lowest BCUT2D eigenvalue weighted by Gasteiger charge is -2.40. The number of ether oxygens (including phenoxy) is 2. The van der Waals surface area contributed by atoms with Crippen molar-refractivity contribution in [1.82, 2.24) is 0 Å². The minimum absolute atomic E-state index is 0.156. The summed E-state index contributed by atoms with van der Waals surface area (Å²) in [5, 5.41) is 0. The summed E-state index contributed by atoms with van der Waals surface area (Å²) in [4.78, 5) is 27.2. The molecule has 1 saturated carbocycles. The molecule has 2 aliphatic heterocycles. The molecule has 1 unspecified atom stereocenters. The molecular weight excluding hydrogens is 318 g/mol. The Kier molecular flexibility index (Phi) is 3.69. The lowest BCUT2D eigenvalue weighted by atomic mass is 9.91. The van der Waals surface area contributed by atoms with E-state index >= 15 is 0 Å². The second-order valence-electron chi connectivity index (χ2n) is 8.08. The van der Waals surface area contributed by atoms with Crippen LogP contribution in [0.1, 0.15) is 50.7 Å². The SMILES string of the molecule is COC(=O)Cc1cccc2c1C1(CC1)C(=O)N2C1CCOC(C)(C)C1. The van der Waals surface area contributed by atoms with Crippen LogP contribution in [0.4, 0.5) is 5.69 Å². The average Bonchev–Trinajstić information content (AvgIpc) is 3.31. The molecule has 1 aromatic rings. The third-order valence-electron chi connectivity index (χ3n) is 5.84. The van der Waals surface area contributed by atoms with E-state index in [4.69, 9.17) is 9.47 Å². The maximum atomic E-state index is 13.3. The van der Waals surface area contributed by atoms with Crippen molar-refractivity contribution in [3.63, 3.8) is 0 Å². The zero-order valence-corrected chi connectivity index (χ0v) is 15.1. The summed E-state index contributed by atoms with van der Waals surface area (Å²) in [5.74, 6) is -0.0511. The Balaban J connectivity index is 1.75. The summed E-state index contributed by atoms with van der Waals surface area (Å²) in [6.45, 7) is 4.84. The van der Waals surface area contributed by atoms with Gasteiger partial charge in [-0.15, -0.1) is 0 Å². The first-order valence-corrected chi connectivity index (χ1v) is 9.05. The fraction of sp³-hybridized carbons (Fsp3) is 0.600. The summed E-state index contributed by atoms with van der Waals surface area (Å²) in [5.41, 5.74) is 2.37. The van der Waals surface area contributed by atoms with Crippen LogP contribution in [0.2, 0.25) is 0 Å². The molecule has 3 aliphatic rings. The molecule has 5 nitrogen and oxygen atoms in total. The van der Waals surface area contributed by atoms with Gasteiger partial charge in [0, 0.05) is 18.3 Å². The fourth-order valence-electron chi connectivity index (χ4n) is 4.53. The number of amides is 1. The molecule has 134 valence electrons. The van der Waals surface area contributed by atoms with Crippen molar-refractivity contribution in [3.8, 4) is 0 Å². The van der Waals surface area contributed by atoms with Crippen molar-refractivity contribution >= 4 is 17.6 Å². The largest absolute Gasteiger partial charge is 0.469 e. The predicted octanol–water partition coefficient (Wildman–Crippen LogP) is 2.74. The molecule has 0 aromatic heterocycles. The first-order valence-electron chi connectivity index (χ1n) is 9.05. The summed E-state index contributed by atoms with van der Waals surface area (Å²) in [6.07, 6.45) is 3.66. The summed E-state index contributed by atoms with van der Waals surface area (Å²) in [7, 11) is 1.40. The molecule has 2 heterocycles. The Morgan fingerprint density at radius 3 is 2.76 bits per heavy atom. The van der Waals surface area contributed by atoms with Crippen molar-refractivity contribution in [2.75, 3.05) is 18.6 Å². The monoisotopic (exact) mass is 343 g/mol. The molecule has 0 bridgehead atoms. The van der Waals surface area contributed by atoms with Gasteiger partial charge in [0.05, 0.1) is 24.5 Å². The highest BCUT2D eigenvalue weighted by Gasteiger charge is 2.61. The number of hydrogen-bond donors (Lipinski definition) is 0. The number of esters is 1. The van der Waals surface area contributed by atoms with Gasteiger partial charge in [-0.2, -0.15) is 0 Å². The summed E-state index contributed by atoms with van der Waals surface area (Å²) < 4.78 is 10.7. The highest BCUT2D eigenvalue weighted by atomic mass is 16.5. The standard InChI is InChI=1S/C20H25NO4/c1-19(2)12-14(7-10-25-19)21-15-6-4-5-13(11-16(22)24-3)17(15)20(8-9-20)18(21)23/h4-6,14H,7-12H2,1-3H3. The maximum absolute atomic E-state index is 13.3. The molecule has 1 aromatic carbocycles. The van der Waals surface area contributed by atoms with Gasteiger partial charge >= 0.3 is 5.97 Å². The summed E-state index contributed by atoms with van der Waals surface area (Å²) >= 11 is 0. The molecule has 25 heavy (non-hydrogen) atoms. The number of fused-ring (bicyclic) bond motifs is 2. The Hall–Kier alpha value is -1.88. The zero-order chi connectivity index (χ0) is 17.8. The Morgan fingerprint density at radius 2 is 2.12 bits per heavy atom. The van der Waals surface area contributed by atoms with Crippen LogP contribution in [0.25, 0.3) is 0 Å². The van der Waals surface area contributed by atoms with E-state index in [0.29, 0.717) is 6.61 Å². The topological polar surface area (TPSA) is 55.8 Å². The summed E-state index contributed by atoms with van der Waals surface area (Å²) in [6, 6.07) is 6.09. The van der Waals surface area contributed by atoms with Crippen LogP contribution in [0, 0.1) is 0 Å². The van der Waals surface area contributed by atoms with Crippen LogP contribution in [0.5, 0.6) is 0 Å². The van der Waals surface area contributed by atoms with Crippen molar-refractivity contribution in [3.05, 3.63) is 29.3 Å². The molecule has 1 aliphatic carbocycles. The van der Waals surface area contributed by atoms with Crippen molar-refractivity contribution < 1.29 is 19.1 Å². The first-order chi connectivity index (χ1) is 11.9. The van der Waals surface area contributed by atoms with Crippen molar-refractivity contribution in [2.45, 2.75) is 63.0 Å². The molecular formula is C20H25NO4. The molecule has 0 radical (unpaired) electrons. The predicted molar refractivity (Wildman–Crippen MR) is 93.6 cm³/mol. The van der Waals surface area contributed by atoms with E-state index in [1.54, 1.807) is 0 Å². The molecule has 0 N–H and O–H groups in total. The van der Waals surface area contributed by atoms with Gasteiger partial charge < -0.3 is 14.4 Å². The number of carbonyl (C=O) groups is 2. The second-order valence-corrected chi connectivity index (χ2v) is 8.08. The maximum Gasteiger partial charge on any atom is 0.309 e.